The van der Waals surface area contributed by atoms with Gasteiger partial charge in [-0.15, -0.1) is 0 Å². The Kier molecular flexibility index (Phi) is 1.72. The lowest BCUT2D eigenvalue weighted by atomic mass is 10.4. The molecule has 3 nitrogen and oxygen atoms in total. The van der Waals surface area contributed by atoms with Crippen molar-refractivity contribution < 1.29 is 8.78 Å². The van der Waals surface area contributed by atoms with Gasteiger partial charge in [-0.2, -0.15) is 13.8 Å². The van der Waals surface area contributed by atoms with Crippen molar-refractivity contribution in [3.8, 4) is 0 Å². The van der Waals surface area contributed by atoms with Crippen molar-refractivity contribution in [2.45, 2.75) is 13.3 Å². The van der Waals surface area contributed by atoms with Crippen LogP contribution in [0.3, 0.4) is 0 Å². The summed E-state index contributed by atoms with van der Waals surface area (Å²) in [5.74, 6) is -1.08. The first-order valence-electron chi connectivity index (χ1n) is 3.91. The fourth-order valence-electron chi connectivity index (χ4n) is 1.17. The molecular weight excluding hydrogens is 176 g/mol. The van der Waals surface area contributed by atoms with Crippen molar-refractivity contribution in [1.82, 2.24) is 15.0 Å². The number of nitrogens with one attached hydrogen (secondary N) is 1. The van der Waals surface area contributed by atoms with E-state index < -0.39 is 11.9 Å². The molecule has 0 saturated heterocycles. The van der Waals surface area contributed by atoms with Crippen molar-refractivity contribution in [1.29, 1.82) is 0 Å². The number of pyridine rings is 1. The van der Waals surface area contributed by atoms with Crippen LogP contribution in [-0.2, 0) is 6.42 Å². The second-order valence-corrected chi connectivity index (χ2v) is 2.67. The van der Waals surface area contributed by atoms with Gasteiger partial charge in [0.1, 0.15) is 11.3 Å². The summed E-state index contributed by atoms with van der Waals surface area (Å²) in [4.78, 5) is 9.74. The van der Waals surface area contributed by atoms with Gasteiger partial charge in [-0.3, -0.25) is 0 Å². The van der Waals surface area contributed by atoms with Crippen LogP contribution in [0, 0.1) is 11.9 Å². The molecule has 2 aromatic rings. The second-order valence-electron chi connectivity index (χ2n) is 2.67. The third-order valence-corrected chi connectivity index (χ3v) is 1.78. The van der Waals surface area contributed by atoms with E-state index in [-0.39, 0.29) is 5.52 Å². The van der Waals surface area contributed by atoms with Gasteiger partial charge in [0.05, 0.1) is 5.52 Å². The highest BCUT2D eigenvalue weighted by molar-refractivity contribution is 5.74. The Balaban J connectivity index is 2.75. The average molecular weight is 183 g/mol. The Morgan fingerprint density at radius 1 is 1.38 bits per heavy atom. The summed E-state index contributed by atoms with van der Waals surface area (Å²) in [6.07, 6.45) is 0.649. The molecule has 0 atom stereocenters. The Morgan fingerprint density at radius 2 is 2.15 bits per heavy atom. The highest BCUT2D eigenvalue weighted by atomic mass is 19.1. The topological polar surface area (TPSA) is 41.6 Å². The summed E-state index contributed by atoms with van der Waals surface area (Å²) < 4.78 is 25.6. The molecule has 1 N–H and O–H groups in total. The number of nitrogens with zero attached hydrogens (tertiary/aromatic N) is 2. The summed E-state index contributed by atoms with van der Waals surface area (Å²) in [7, 11) is 0. The van der Waals surface area contributed by atoms with Crippen molar-refractivity contribution in [2.75, 3.05) is 0 Å². The Hall–Kier alpha value is -1.52. The van der Waals surface area contributed by atoms with Gasteiger partial charge >= 0.3 is 0 Å². The van der Waals surface area contributed by atoms with Gasteiger partial charge in [0.2, 0.25) is 11.9 Å². The fourth-order valence-corrected chi connectivity index (χ4v) is 1.17. The molecule has 0 saturated carbocycles. The van der Waals surface area contributed by atoms with Crippen molar-refractivity contribution in [3.63, 3.8) is 0 Å². The maximum atomic E-state index is 13.0. The van der Waals surface area contributed by atoms with Crippen LogP contribution < -0.4 is 0 Å². The van der Waals surface area contributed by atoms with E-state index >= 15 is 0 Å². The molecule has 5 heteroatoms. The number of hydrogen-bond donors (Lipinski definition) is 1. The van der Waals surface area contributed by atoms with Crippen LogP contribution in [0.5, 0.6) is 0 Å². The van der Waals surface area contributed by atoms with Gasteiger partial charge in [0.15, 0.2) is 0 Å². The number of aryl methyl sites for hydroxylation is 1. The van der Waals surface area contributed by atoms with Gasteiger partial charge in [-0.25, -0.2) is 4.98 Å². The second kappa shape index (κ2) is 2.76. The molecule has 0 aromatic carbocycles. The third kappa shape index (κ3) is 1.26. The van der Waals surface area contributed by atoms with Crippen LogP contribution in [0.15, 0.2) is 6.07 Å². The van der Waals surface area contributed by atoms with E-state index in [0.29, 0.717) is 17.8 Å². The minimum atomic E-state index is -0.869. The first-order chi connectivity index (χ1) is 6.20. The SMILES string of the molecule is CCc1nc2c(F)nc(F)cc2[nH]1. The number of aromatic nitrogens is 3. The zero-order chi connectivity index (χ0) is 9.42. The molecule has 0 radical (unpaired) electrons. The maximum Gasteiger partial charge on any atom is 0.243 e. The molecule has 2 heterocycles. The molecule has 0 aliphatic heterocycles. The molecule has 0 amide bonds. The molecule has 0 aliphatic carbocycles. The molecule has 0 fully saturated rings. The van der Waals surface area contributed by atoms with Crippen LogP contribution in [-0.4, -0.2) is 15.0 Å². The van der Waals surface area contributed by atoms with Crippen molar-refractivity contribution >= 4 is 11.0 Å². The lowest BCUT2D eigenvalue weighted by Crippen LogP contribution is -1.88. The first kappa shape index (κ1) is 8.10. The highest BCUT2D eigenvalue weighted by Gasteiger charge is 2.09. The number of hydrogen-bond acceptors (Lipinski definition) is 2. The van der Waals surface area contributed by atoms with E-state index in [4.69, 9.17) is 0 Å². The quantitative estimate of drug-likeness (QED) is 0.685. The van der Waals surface area contributed by atoms with Crippen LogP contribution in [0.1, 0.15) is 12.7 Å². The number of fused-ring (bicyclic) bond motifs is 1. The minimum Gasteiger partial charge on any atom is -0.342 e. The Morgan fingerprint density at radius 3 is 2.85 bits per heavy atom. The van der Waals surface area contributed by atoms with Crippen molar-refractivity contribution in [2.24, 2.45) is 0 Å². The molecule has 2 aromatic heterocycles. The maximum absolute atomic E-state index is 13.0. The lowest BCUT2D eigenvalue weighted by Gasteiger charge is -1.89. The molecule has 0 spiro atoms. The summed E-state index contributed by atoms with van der Waals surface area (Å²) in [6, 6.07) is 1.13. The number of aromatic amines is 1. The third-order valence-electron chi connectivity index (χ3n) is 1.78. The first-order valence-corrected chi connectivity index (χ1v) is 3.91. The summed E-state index contributed by atoms with van der Waals surface area (Å²) >= 11 is 0. The fraction of sp³-hybridized carbons (Fsp3) is 0.250. The predicted octanol–water partition coefficient (Wildman–Crippen LogP) is 1.80. The summed E-state index contributed by atoms with van der Waals surface area (Å²) in [5, 5.41) is 0. The number of halogens is 2. The van der Waals surface area contributed by atoms with Crippen LogP contribution in [0.4, 0.5) is 8.78 Å². The zero-order valence-corrected chi connectivity index (χ0v) is 6.93. The van der Waals surface area contributed by atoms with Crippen LogP contribution >= 0.6 is 0 Å². The van der Waals surface area contributed by atoms with Gasteiger partial charge in [-0.05, 0) is 0 Å². The molecule has 0 bridgehead atoms. The minimum absolute atomic E-state index is 0.0956. The predicted molar refractivity (Wildman–Crippen MR) is 43.2 cm³/mol. The number of imidazole rings is 1. The molecule has 0 aliphatic rings. The lowest BCUT2D eigenvalue weighted by molar-refractivity contribution is 0.520. The smallest absolute Gasteiger partial charge is 0.243 e. The van der Waals surface area contributed by atoms with Gasteiger partial charge in [-0.1, -0.05) is 6.92 Å². The van der Waals surface area contributed by atoms with E-state index in [1.165, 1.54) is 0 Å². The van der Waals surface area contributed by atoms with E-state index in [2.05, 4.69) is 15.0 Å². The molecule has 2 rings (SSSR count). The Labute approximate surface area is 72.8 Å². The Bertz CT molecular complexity index is 450. The average Bonchev–Trinajstić information content (AvgIpc) is 2.47. The molecule has 0 unspecified atom stereocenters. The monoisotopic (exact) mass is 183 g/mol. The summed E-state index contributed by atoms with van der Waals surface area (Å²) in [5.41, 5.74) is 0.445. The van der Waals surface area contributed by atoms with Gasteiger partial charge in [0, 0.05) is 12.5 Å². The van der Waals surface area contributed by atoms with Crippen LogP contribution in [0.2, 0.25) is 0 Å². The standard InChI is InChI=1S/C8H7F2N3/c1-2-6-11-4-3-5(9)12-8(10)7(4)13-6/h3H,2H2,1H3,(H,11,13). The molecule has 13 heavy (non-hydrogen) atoms. The van der Waals surface area contributed by atoms with Crippen LogP contribution in [0.25, 0.3) is 11.0 Å². The van der Waals surface area contributed by atoms with E-state index in [1.54, 1.807) is 0 Å². The van der Waals surface area contributed by atoms with Crippen molar-refractivity contribution in [3.05, 3.63) is 23.8 Å². The highest BCUT2D eigenvalue weighted by Crippen LogP contribution is 2.14. The van der Waals surface area contributed by atoms with E-state index in [9.17, 15) is 8.78 Å². The number of H-pyrrole nitrogens is 1. The zero-order valence-electron chi connectivity index (χ0n) is 6.93. The number of rotatable bonds is 1. The summed E-state index contributed by atoms with van der Waals surface area (Å²) in [6.45, 7) is 1.87. The largest absolute Gasteiger partial charge is 0.342 e. The van der Waals surface area contributed by atoms with E-state index in [1.807, 2.05) is 6.92 Å². The van der Waals surface area contributed by atoms with E-state index in [0.717, 1.165) is 6.07 Å². The normalized spacial score (nSPS) is 11.0. The molecule has 68 valence electrons. The molecular formula is C8H7F2N3. The van der Waals surface area contributed by atoms with Gasteiger partial charge in [0.25, 0.3) is 0 Å². The van der Waals surface area contributed by atoms with Gasteiger partial charge < -0.3 is 4.98 Å².